The van der Waals surface area contributed by atoms with E-state index in [1.54, 1.807) is 17.1 Å². The molecule has 0 aliphatic carbocycles. The molecule has 162 valence electrons. The Bertz CT molecular complexity index is 904. The number of benzene rings is 2. The second kappa shape index (κ2) is 11.1. The predicted molar refractivity (Wildman–Crippen MR) is 119 cm³/mol. The highest BCUT2D eigenvalue weighted by Gasteiger charge is 2.28. The molecule has 1 saturated heterocycles. The Hall–Kier alpha value is -3.41. The summed E-state index contributed by atoms with van der Waals surface area (Å²) in [6, 6.07) is 19.1. The quantitative estimate of drug-likeness (QED) is 0.551. The van der Waals surface area contributed by atoms with Crippen molar-refractivity contribution in [3.63, 3.8) is 0 Å². The topological polar surface area (TPSA) is 75.7 Å². The number of hydrogen-bond donors (Lipinski definition) is 1. The van der Waals surface area contributed by atoms with E-state index in [9.17, 15) is 14.4 Å². The molecule has 0 spiro atoms. The summed E-state index contributed by atoms with van der Waals surface area (Å²) in [5.74, 6) is -1.07. The average Bonchev–Trinajstić information content (AvgIpc) is 2.82. The lowest BCUT2D eigenvalue weighted by molar-refractivity contribution is -0.154. The second-order valence-corrected chi connectivity index (χ2v) is 7.65. The molecule has 1 aliphatic heterocycles. The zero-order chi connectivity index (χ0) is 22.1. The first-order valence-corrected chi connectivity index (χ1v) is 10.6. The van der Waals surface area contributed by atoms with Gasteiger partial charge in [0.2, 0.25) is 5.91 Å². The molecular weight excluding hydrogens is 392 g/mol. The number of amides is 2. The third kappa shape index (κ3) is 6.81. The van der Waals surface area contributed by atoms with Crippen LogP contribution in [-0.2, 0) is 19.1 Å². The van der Waals surface area contributed by atoms with E-state index >= 15 is 0 Å². The van der Waals surface area contributed by atoms with E-state index in [-0.39, 0.29) is 36.4 Å². The van der Waals surface area contributed by atoms with Gasteiger partial charge >= 0.3 is 5.97 Å². The molecule has 2 amide bonds. The van der Waals surface area contributed by atoms with Gasteiger partial charge in [0.15, 0.2) is 6.61 Å². The van der Waals surface area contributed by atoms with E-state index in [1.807, 2.05) is 67.6 Å². The van der Waals surface area contributed by atoms with Gasteiger partial charge < -0.3 is 15.0 Å². The van der Waals surface area contributed by atoms with Gasteiger partial charge in [-0.05, 0) is 37.0 Å². The first-order chi connectivity index (χ1) is 15.0. The van der Waals surface area contributed by atoms with Crippen molar-refractivity contribution in [3.05, 3.63) is 77.9 Å². The van der Waals surface area contributed by atoms with Gasteiger partial charge in [0.25, 0.3) is 5.91 Å². The molecule has 1 aliphatic rings. The summed E-state index contributed by atoms with van der Waals surface area (Å²) < 4.78 is 5.21. The Morgan fingerprint density at radius 2 is 1.65 bits per heavy atom. The molecule has 31 heavy (non-hydrogen) atoms. The SMILES string of the molecule is C[C@H](NC(=O)COC(=O)C1CCN(C(=O)/C=C/c2ccccc2)CC1)c1ccccc1. The standard InChI is InChI=1S/C25H28N2O4/c1-19(21-10-6-3-7-11-21)26-23(28)18-31-25(30)22-14-16-27(17-15-22)24(29)13-12-20-8-4-2-5-9-20/h2-13,19,22H,14-18H2,1H3,(H,26,28)/b13-12+/t19-/m0/s1. The maximum Gasteiger partial charge on any atom is 0.309 e. The van der Waals surface area contributed by atoms with Crippen molar-refractivity contribution in [1.82, 2.24) is 10.2 Å². The molecule has 0 aromatic heterocycles. The summed E-state index contributed by atoms with van der Waals surface area (Å²) in [4.78, 5) is 38.5. The fraction of sp³-hybridized carbons (Fsp3) is 0.320. The normalized spacial score (nSPS) is 15.5. The molecule has 1 atom stereocenters. The van der Waals surface area contributed by atoms with Crippen LogP contribution >= 0.6 is 0 Å². The van der Waals surface area contributed by atoms with Crippen LogP contribution in [0.2, 0.25) is 0 Å². The molecule has 1 fully saturated rings. The van der Waals surface area contributed by atoms with E-state index in [0.717, 1.165) is 11.1 Å². The van der Waals surface area contributed by atoms with E-state index in [4.69, 9.17) is 4.74 Å². The molecule has 6 nitrogen and oxygen atoms in total. The highest BCUT2D eigenvalue weighted by Crippen LogP contribution is 2.19. The lowest BCUT2D eigenvalue weighted by atomic mass is 9.97. The Morgan fingerprint density at radius 1 is 1.03 bits per heavy atom. The van der Waals surface area contributed by atoms with Gasteiger partial charge in [0.1, 0.15) is 0 Å². The third-order valence-electron chi connectivity index (χ3n) is 5.38. The molecule has 2 aromatic rings. The van der Waals surface area contributed by atoms with Crippen LogP contribution in [0.5, 0.6) is 0 Å². The van der Waals surface area contributed by atoms with Crippen LogP contribution in [0.4, 0.5) is 0 Å². The van der Waals surface area contributed by atoms with E-state index in [2.05, 4.69) is 5.32 Å². The zero-order valence-electron chi connectivity index (χ0n) is 17.7. The lowest BCUT2D eigenvalue weighted by Gasteiger charge is -2.30. The molecule has 2 aromatic carbocycles. The number of esters is 1. The number of carbonyl (C=O) groups is 3. The van der Waals surface area contributed by atoms with Crippen LogP contribution in [0.15, 0.2) is 66.7 Å². The van der Waals surface area contributed by atoms with Crippen molar-refractivity contribution >= 4 is 23.9 Å². The van der Waals surface area contributed by atoms with Gasteiger partial charge in [0, 0.05) is 19.2 Å². The number of piperidine rings is 1. The van der Waals surface area contributed by atoms with Crippen molar-refractivity contribution in [2.24, 2.45) is 5.92 Å². The highest BCUT2D eigenvalue weighted by molar-refractivity contribution is 5.92. The van der Waals surface area contributed by atoms with Crippen LogP contribution in [0.25, 0.3) is 6.08 Å². The Balaban J connectivity index is 1.38. The summed E-state index contributed by atoms with van der Waals surface area (Å²) in [5, 5.41) is 2.83. The molecular formula is C25H28N2O4. The number of hydrogen-bond acceptors (Lipinski definition) is 4. The minimum atomic E-state index is -0.380. The van der Waals surface area contributed by atoms with Gasteiger partial charge in [0.05, 0.1) is 12.0 Å². The molecule has 6 heteroatoms. The number of likely N-dealkylation sites (tertiary alicyclic amines) is 1. The van der Waals surface area contributed by atoms with Crippen molar-refractivity contribution in [3.8, 4) is 0 Å². The zero-order valence-corrected chi connectivity index (χ0v) is 17.7. The maximum absolute atomic E-state index is 12.4. The minimum Gasteiger partial charge on any atom is -0.455 e. The second-order valence-electron chi connectivity index (χ2n) is 7.65. The van der Waals surface area contributed by atoms with E-state index < -0.39 is 0 Å². The molecule has 1 N–H and O–H groups in total. The van der Waals surface area contributed by atoms with Crippen LogP contribution in [0.1, 0.15) is 36.9 Å². The largest absolute Gasteiger partial charge is 0.455 e. The first kappa shape index (κ1) is 22.3. The molecule has 1 heterocycles. The smallest absolute Gasteiger partial charge is 0.309 e. The van der Waals surface area contributed by atoms with Crippen LogP contribution in [0, 0.1) is 5.92 Å². The van der Waals surface area contributed by atoms with Gasteiger partial charge in [-0.2, -0.15) is 0 Å². The molecule has 0 unspecified atom stereocenters. The van der Waals surface area contributed by atoms with Crippen molar-refractivity contribution < 1.29 is 19.1 Å². The Morgan fingerprint density at radius 3 is 2.29 bits per heavy atom. The number of nitrogens with zero attached hydrogens (tertiary/aromatic N) is 1. The number of carbonyl (C=O) groups excluding carboxylic acids is 3. The molecule has 0 radical (unpaired) electrons. The fourth-order valence-electron chi connectivity index (χ4n) is 3.54. The number of nitrogens with one attached hydrogen (secondary N) is 1. The molecule has 3 rings (SSSR count). The Kier molecular flexibility index (Phi) is 7.98. The number of rotatable bonds is 7. The monoisotopic (exact) mass is 420 g/mol. The lowest BCUT2D eigenvalue weighted by Crippen LogP contribution is -2.40. The average molecular weight is 421 g/mol. The van der Waals surface area contributed by atoms with Crippen LogP contribution in [-0.4, -0.2) is 42.4 Å². The van der Waals surface area contributed by atoms with Crippen molar-refractivity contribution in [2.45, 2.75) is 25.8 Å². The fourth-order valence-corrected chi connectivity index (χ4v) is 3.54. The van der Waals surface area contributed by atoms with E-state index in [1.165, 1.54) is 0 Å². The predicted octanol–water partition coefficient (Wildman–Crippen LogP) is 3.36. The van der Waals surface area contributed by atoms with Gasteiger partial charge in [-0.25, -0.2) is 0 Å². The van der Waals surface area contributed by atoms with Gasteiger partial charge in [-0.1, -0.05) is 60.7 Å². The number of ether oxygens (including phenoxy) is 1. The first-order valence-electron chi connectivity index (χ1n) is 10.6. The van der Waals surface area contributed by atoms with Gasteiger partial charge in [-0.15, -0.1) is 0 Å². The van der Waals surface area contributed by atoms with E-state index in [0.29, 0.717) is 25.9 Å². The summed E-state index contributed by atoms with van der Waals surface area (Å²) in [7, 11) is 0. The van der Waals surface area contributed by atoms with Crippen molar-refractivity contribution in [1.29, 1.82) is 0 Å². The summed E-state index contributed by atoms with van der Waals surface area (Å²) in [5.41, 5.74) is 1.95. The van der Waals surface area contributed by atoms with Crippen LogP contribution in [0.3, 0.4) is 0 Å². The summed E-state index contributed by atoms with van der Waals surface area (Å²) in [6.45, 7) is 2.58. The summed E-state index contributed by atoms with van der Waals surface area (Å²) >= 11 is 0. The van der Waals surface area contributed by atoms with Gasteiger partial charge in [-0.3, -0.25) is 14.4 Å². The van der Waals surface area contributed by atoms with Crippen molar-refractivity contribution in [2.75, 3.05) is 19.7 Å². The third-order valence-corrected chi connectivity index (χ3v) is 5.38. The Labute approximate surface area is 182 Å². The van der Waals surface area contributed by atoms with Crippen LogP contribution < -0.4 is 5.32 Å². The highest BCUT2D eigenvalue weighted by atomic mass is 16.5. The minimum absolute atomic E-state index is 0.0649. The summed E-state index contributed by atoms with van der Waals surface area (Å²) in [6.07, 6.45) is 4.42. The maximum atomic E-state index is 12.4. The molecule has 0 bridgehead atoms. The molecule has 0 saturated carbocycles.